The van der Waals surface area contributed by atoms with Gasteiger partial charge < -0.3 is 26.8 Å². The number of ether oxygens (including phenoxy) is 1. The highest BCUT2D eigenvalue weighted by Crippen LogP contribution is 2.15. The molecule has 0 aliphatic rings. The molecule has 4 aromatic rings. The van der Waals surface area contributed by atoms with Crippen LogP contribution in [0.15, 0.2) is 91.0 Å². The van der Waals surface area contributed by atoms with Crippen molar-refractivity contribution < 1.29 is 19.1 Å². The summed E-state index contributed by atoms with van der Waals surface area (Å²) >= 11 is 0. The Balaban J connectivity index is 0.000000266. The number of anilines is 4. The first-order chi connectivity index (χ1) is 21.0. The molecule has 0 atom stereocenters. The molecule has 0 saturated carbocycles. The van der Waals surface area contributed by atoms with Crippen molar-refractivity contribution >= 4 is 40.5 Å². The molecule has 0 fully saturated rings. The first kappa shape index (κ1) is 33.8. The number of amides is 2. The number of hydrogen-bond donors (Lipinski definition) is 4. The molecule has 220 valence electrons. The molecule has 4 aromatic carbocycles. The standard InChI is InChI=1S/C18H16N2O3.C10H9NO.C8H7N/c1-12(21)20-16-8-4-13(5-9-16)3-6-14-11-15(18(22)23-2)7-10-17(14)19;1-3-9-4-6-10(7-5-9)11-8(2)12;1-2-7-3-5-8(9)6-4-7/h4-5,7-11H,19H2,1-2H3,(H,20,21);1,4-7H,2H3,(H,11,12);1,3-6H,9H2. The summed E-state index contributed by atoms with van der Waals surface area (Å²) in [4.78, 5) is 33.1. The Morgan fingerprint density at radius 1 is 0.659 bits per heavy atom. The van der Waals surface area contributed by atoms with Crippen molar-refractivity contribution in [3.05, 3.63) is 119 Å². The lowest BCUT2D eigenvalue weighted by atomic mass is 10.1. The Morgan fingerprint density at radius 2 is 1.11 bits per heavy atom. The zero-order valence-corrected chi connectivity index (χ0v) is 24.6. The molecular formula is C36H32N4O4. The van der Waals surface area contributed by atoms with Gasteiger partial charge in [-0.2, -0.15) is 0 Å². The van der Waals surface area contributed by atoms with E-state index in [-0.39, 0.29) is 11.8 Å². The lowest BCUT2D eigenvalue weighted by Gasteiger charge is -2.03. The number of rotatable bonds is 3. The van der Waals surface area contributed by atoms with Crippen molar-refractivity contribution in [1.82, 2.24) is 0 Å². The summed E-state index contributed by atoms with van der Waals surface area (Å²) in [5, 5.41) is 5.33. The SMILES string of the molecule is C#Cc1ccc(N)cc1.C#Cc1ccc(NC(C)=O)cc1.COC(=O)c1ccc(N)c(C#Cc2ccc(NC(C)=O)cc2)c1. The number of nitrogens with one attached hydrogen (secondary N) is 2. The van der Waals surface area contributed by atoms with E-state index in [9.17, 15) is 14.4 Å². The fourth-order valence-electron chi connectivity index (χ4n) is 3.32. The number of nitrogen functional groups attached to an aromatic ring is 2. The van der Waals surface area contributed by atoms with Crippen LogP contribution in [-0.2, 0) is 14.3 Å². The molecule has 0 aliphatic heterocycles. The number of hydrogen-bond acceptors (Lipinski definition) is 6. The predicted molar refractivity (Wildman–Crippen MR) is 176 cm³/mol. The largest absolute Gasteiger partial charge is 0.465 e. The van der Waals surface area contributed by atoms with E-state index in [4.69, 9.17) is 24.3 Å². The van der Waals surface area contributed by atoms with Crippen molar-refractivity contribution in [3.8, 4) is 36.5 Å². The topological polar surface area (TPSA) is 137 Å². The summed E-state index contributed by atoms with van der Waals surface area (Å²) in [5.41, 5.74) is 17.4. The van der Waals surface area contributed by atoms with Crippen LogP contribution < -0.4 is 22.1 Å². The number of carbonyl (C=O) groups excluding carboxylic acids is 3. The van der Waals surface area contributed by atoms with E-state index in [0.717, 1.165) is 28.1 Å². The minimum atomic E-state index is -0.437. The second-order valence-electron chi connectivity index (χ2n) is 8.97. The van der Waals surface area contributed by atoms with Crippen molar-refractivity contribution in [1.29, 1.82) is 0 Å². The molecule has 0 unspecified atom stereocenters. The van der Waals surface area contributed by atoms with Gasteiger partial charge in [-0.1, -0.05) is 23.7 Å². The van der Waals surface area contributed by atoms with Crippen LogP contribution in [0.5, 0.6) is 0 Å². The van der Waals surface area contributed by atoms with Crippen LogP contribution in [0.3, 0.4) is 0 Å². The number of nitrogens with two attached hydrogens (primary N) is 2. The zero-order valence-electron chi connectivity index (χ0n) is 24.6. The normalized spacial score (nSPS) is 9.02. The molecule has 8 heteroatoms. The van der Waals surface area contributed by atoms with E-state index in [1.165, 1.54) is 21.0 Å². The van der Waals surface area contributed by atoms with E-state index in [1.807, 2.05) is 12.1 Å². The van der Waals surface area contributed by atoms with Gasteiger partial charge in [-0.3, -0.25) is 9.59 Å². The maximum Gasteiger partial charge on any atom is 0.337 e. The van der Waals surface area contributed by atoms with Gasteiger partial charge in [0.05, 0.1) is 12.7 Å². The van der Waals surface area contributed by atoms with Crippen LogP contribution in [0.1, 0.15) is 46.5 Å². The highest BCUT2D eigenvalue weighted by molar-refractivity contribution is 5.91. The molecule has 0 spiro atoms. The molecule has 44 heavy (non-hydrogen) atoms. The molecule has 0 aromatic heterocycles. The number of esters is 1. The Kier molecular flexibility index (Phi) is 13.4. The van der Waals surface area contributed by atoms with Crippen LogP contribution in [0.25, 0.3) is 0 Å². The van der Waals surface area contributed by atoms with Gasteiger partial charge in [0.25, 0.3) is 0 Å². The van der Waals surface area contributed by atoms with E-state index < -0.39 is 5.97 Å². The second kappa shape index (κ2) is 17.4. The maximum absolute atomic E-state index is 11.5. The average Bonchev–Trinajstić information content (AvgIpc) is 3.02. The summed E-state index contributed by atoms with van der Waals surface area (Å²) in [6, 6.07) is 26.2. The third-order valence-corrected chi connectivity index (χ3v) is 5.47. The summed E-state index contributed by atoms with van der Waals surface area (Å²) in [6.07, 6.45) is 10.3. The Hall–Kier alpha value is -6.43. The van der Waals surface area contributed by atoms with Gasteiger partial charge in [-0.25, -0.2) is 4.79 Å². The lowest BCUT2D eigenvalue weighted by molar-refractivity contribution is -0.115. The molecular weight excluding hydrogens is 552 g/mol. The minimum Gasteiger partial charge on any atom is -0.465 e. The first-order valence-electron chi connectivity index (χ1n) is 13.1. The van der Waals surface area contributed by atoms with Gasteiger partial charge in [0.15, 0.2) is 0 Å². The number of terminal acetylenes is 2. The molecule has 8 nitrogen and oxygen atoms in total. The fourth-order valence-corrected chi connectivity index (χ4v) is 3.32. The second-order valence-corrected chi connectivity index (χ2v) is 8.97. The van der Waals surface area contributed by atoms with E-state index in [1.54, 1.807) is 78.9 Å². The van der Waals surface area contributed by atoms with E-state index in [2.05, 4.69) is 39.1 Å². The fraction of sp³-hybridized carbons (Fsp3) is 0.0833. The smallest absolute Gasteiger partial charge is 0.337 e. The first-order valence-corrected chi connectivity index (χ1v) is 13.1. The van der Waals surface area contributed by atoms with Gasteiger partial charge in [0, 0.05) is 58.9 Å². The van der Waals surface area contributed by atoms with Gasteiger partial charge in [0.1, 0.15) is 0 Å². The Bertz CT molecular complexity index is 1730. The van der Waals surface area contributed by atoms with Crippen LogP contribution in [-0.4, -0.2) is 24.9 Å². The van der Waals surface area contributed by atoms with Gasteiger partial charge in [-0.15, -0.1) is 12.8 Å². The number of benzene rings is 4. The zero-order chi connectivity index (χ0) is 32.5. The lowest BCUT2D eigenvalue weighted by Crippen LogP contribution is -2.05. The highest BCUT2D eigenvalue weighted by atomic mass is 16.5. The van der Waals surface area contributed by atoms with Crippen molar-refractivity contribution in [2.45, 2.75) is 13.8 Å². The Labute approximate surface area is 257 Å². The van der Waals surface area contributed by atoms with Crippen molar-refractivity contribution in [2.24, 2.45) is 0 Å². The van der Waals surface area contributed by atoms with E-state index in [0.29, 0.717) is 22.5 Å². The van der Waals surface area contributed by atoms with Crippen LogP contribution in [0.4, 0.5) is 22.7 Å². The molecule has 6 N–H and O–H groups in total. The van der Waals surface area contributed by atoms with Crippen LogP contribution >= 0.6 is 0 Å². The molecule has 0 bridgehead atoms. The van der Waals surface area contributed by atoms with E-state index >= 15 is 0 Å². The third-order valence-electron chi connectivity index (χ3n) is 5.47. The van der Waals surface area contributed by atoms with Crippen LogP contribution in [0.2, 0.25) is 0 Å². The summed E-state index contributed by atoms with van der Waals surface area (Å²) in [7, 11) is 1.32. The van der Waals surface area contributed by atoms with Crippen LogP contribution in [0, 0.1) is 36.5 Å². The molecule has 2 amide bonds. The number of carbonyl (C=O) groups is 3. The average molecular weight is 585 g/mol. The molecule has 4 rings (SSSR count). The van der Waals surface area contributed by atoms with Gasteiger partial charge >= 0.3 is 5.97 Å². The van der Waals surface area contributed by atoms with Gasteiger partial charge in [-0.05, 0) is 91.0 Å². The maximum atomic E-state index is 11.5. The highest BCUT2D eigenvalue weighted by Gasteiger charge is 2.07. The molecule has 0 heterocycles. The van der Waals surface area contributed by atoms with Crippen molar-refractivity contribution in [2.75, 3.05) is 29.2 Å². The molecule has 0 aliphatic carbocycles. The number of methoxy groups -OCH3 is 1. The third kappa shape index (κ3) is 12.0. The summed E-state index contributed by atoms with van der Waals surface area (Å²) in [5.74, 6) is 10.3. The quantitative estimate of drug-likeness (QED) is 0.147. The van der Waals surface area contributed by atoms with Crippen molar-refractivity contribution in [3.63, 3.8) is 0 Å². The summed E-state index contributed by atoms with van der Waals surface area (Å²) in [6.45, 7) is 2.92. The minimum absolute atomic E-state index is 0.0801. The molecule has 0 radical (unpaired) electrons. The summed E-state index contributed by atoms with van der Waals surface area (Å²) < 4.78 is 4.68. The molecule has 0 saturated heterocycles. The Morgan fingerprint density at radius 3 is 1.55 bits per heavy atom. The van der Waals surface area contributed by atoms with Gasteiger partial charge in [0.2, 0.25) is 11.8 Å². The predicted octanol–water partition coefficient (Wildman–Crippen LogP) is 5.29. The monoisotopic (exact) mass is 584 g/mol.